The first-order valence-electron chi connectivity index (χ1n) is 11.1. The first-order chi connectivity index (χ1) is 16.6. The van der Waals surface area contributed by atoms with E-state index in [4.69, 9.17) is 11.6 Å². The van der Waals surface area contributed by atoms with Crippen molar-refractivity contribution in [2.45, 2.75) is 52.0 Å². The highest BCUT2D eigenvalue weighted by molar-refractivity contribution is 7.92. The fraction of sp³-hybridized carbons (Fsp3) is 0.417. The van der Waals surface area contributed by atoms with Crippen molar-refractivity contribution in [3.8, 4) is 0 Å². The molecule has 2 aromatic carbocycles. The van der Waals surface area contributed by atoms with E-state index in [0.29, 0.717) is 27.4 Å². The third-order valence-corrected chi connectivity index (χ3v) is 6.97. The molecule has 2 amide bonds. The second-order valence-corrected chi connectivity index (χ2v) is 10.8. The number of hydrogen-bond acceptors (Lipinski definition) is 4. The molecule has 0 spiro atoms. The second kappa shape index (κ2) is 12.0. The zero-order valence-corrected chi connectivity index (χ0v) is 21.9. The fourth-order valence-electron chi connectivity index (χ4n) is 3.29. The number of nitrogens with zero attached hydrogens (tertiary/aromatic N) is 2. The topological polar surface area (TPSA) is 86.8 Å². The molecule has 0 fully saturated rings. The molecule has 0 aliphatic carbocycles. The van der Waals surface area contributed by atoms with E-state index < -0.39 is 46.2 Å². The minimum absolute atomic E-state index is 0.0503. The van der Waals surface area contributed by atoms with Gasteiger partial charge >= 0.3 is 6.18 Å². The average molecular weight is 548 g/mol. The van der Waals surface area contributed by atoms with Gasteiger partial charge in [0.25, 0.3) is 0 Å². The summed E-state index contributed by atoms with van der Waals surface area (Å²) in [6.07, 6.45) is -3.25. The Morgan fingerprint density at radius 1 is 1.08 bits per heavy atom. The highest BCUT2D eigenvalue weighted by Crippen LogP contribution is 2.32. The molecule has 0 radical (unpaired) electrons. The van der Waals surface area contributed by atoms with Gasteiger partial charge in [-0.15, -0.1) is 0 Å². The van der Waals surface area contributed by atoms with Crippen LogP contribution in [0.1, 0.15) is 38.3 Å². The molecule has 0 aliphatic heterocycles. The van der Waals surface area contributed by atoms with Gasteiger partial charge in [-0.2, -0.15) is 13.2 Å². The Morgan fingerprint density at radius 3 is 2.22 bits per heavy atom. The third-order valence-electron chi connectivity index (χ3n) is 5.58. The summed E-state index contributed by atoms with van der Waals surface area (Å²) in [6, 6.07) is 9.07. The van der Waals surface area contributed by atoms with Crippen molar-refractivity contribution in [1.29, 1.82) is 0 Å². The SMILES string of the molecule is CC[C@@H](C)NC(=O)[C@H](C)N(Cc1ccc(Cl)cc1)C(=O)CN(c1cccc(C(F)(F)F)c1)S(C)(=O)=O. The molecule has 0 aromatic heterocycles. The van der Waals surface area contributed by atoms with Crippen molar-refractivity contribution in [3.05, 3.63) is 64.7 Å². The summed E-state index contributed by atoms with van der Waals surface area (Å²) in [7, 11) is -4.16. The molecule has 12 heteroatoms. The smallest absolute Gasteiger partial charge is 0.352 e. The van der Waals surface area contributed by atoms with E-state index in [1.807, 2.05) is 6.92 Å². The van der Waals surface area contributed by atoms with Gasteiger partial charge in [0.15, 0.2) is 0 Å². The maximum Gasteiger partial charge on any atom is 0.416 e. The van der Waals surface area contributed by atoms with Gasteiger partial charge in [-0.25, -0.2) is 8.42 Å². The average Bonchev–Trinajstić information content (AvgIpc) is 2.80. The van der Waals surface area contributed by atoms with Crippen molar-refractivity contribution < 1.29 is 31.2 Å². The van der Waals surface area contributed by atoms with Gasteiger partial charge in [-0.05, 0) is 56.2 Å². The van der Waals surface area contributed by atoms with Crippen LogP contribution in [0.3, 0.4) is 0 Å². The molecule has 36 heavy (non-hydrogen) atoms. The van der Waals surface area contributed by atoms with Crippen LogP contribution in [0.2, 0.25) is 5.02 Å². The Bertz CT molecular complexity index is 1170. The van der Waals surface area contributed by atoms with E-state index >= 15 is 0 Å². The molecule has 0 bridgehead atoms. The van der Waals surface area contributed by atoms with Crippen molar-refractivity contribution in [2.75, 3.05) is 17.1 Å². The highest BCUT2D eigenvalue weighted by atomic mass is 35.5. The number of carbonyl (C=O) groups is 2. The van der Waals surface area contributed by atoms with E-state index in [1.165, 1.54) is 17.9 Å². The number of hydrogen-bond donors (Lipinski definition) is 1. The largest absolute Gasteiger partial charge is 0.416 e. The molecular formula is C24H29ClF3N3O4S. The van der Waals surface area contributed by atoms with Crippen molar-refractivity contribution in [1.82, 2.24) is 10.2 Å². The summed E-state index contributed by atoms with van der Waals surface area (Å²) in [6.45, 7) is 4.33. The zero-order valence-electron chi connectivity index (χ0n) is 20.3. The van der Waals surface area contributed by atoms with Crippen LogP contribution in [0.5, 0.6) is 0 Å². The van der Waals surface area contributed by atoms with Crippen molar-refractivity contribution in [3.63, 3.8) is 0 Å². The van der Waals surface area contributed by atoms with Crippen molar-refractivity contribution in [2.24, 2.45) is 0 Å². The number of nitrogens with one attached hydrogen (secondary N) is 1. The van der Waals surface area contributed by atoms with Gasteiger partial charge in [0.2, 0.25) is 21.8 Å². The number of amides is 2. The van der Waals surface area contributed by atoms with Crippen LogP contribution in [0.15, 0.2) is 48.5 Å². The maximum atomic E-state index is 13.4. The van der Waals surface area contributed by atoms with Gasteiger partial charge in [0, 0.05) is 17.6 Å². The Hall–Kier alpha value is -2.79. The summed E-state index contributed by atoms with van der Waals surface area (Å²) in [5.74, 6) is -1.21. The molecular weight excluding hydrogens is 519 g/mol. The van der Waals surface area contributed by atoms with E-state index in [1.54, 1.807) is 31.2 Å². The van der Waals surface area contributed by atoms with Crippen LogP contribution in [0.4, 0.5) is 18.9 Å². The van der Waals surface area contributed by atoms with Gasteiger partial charge in [-0.1, -0.05) is 36.7 Å². The molecule has 0 heterocycles. The lowest BCUT2D eigenvalue weighted by Crippen LogP contribution is -2.52. The molecule has 0 unspecified atom stereocenters. The van der Waals surface area contributed by atoms with E-state index in [9.17, 15) is 31.2 Å². The number of sulfonamides is 1. The lowest BCUT2D eigenvalue weighted by atomic mass is 10.1. The predicted molar refractivity (Wildman–Crippen MR) is 133 cm³/mol. The molecule has 0 aliphatic rings. The molecule has 0 saturated heterocycles. The number of anilines is 1. The first kappa shape index (κ1) is 29.4. The Balaban J connectivity index is 2.43. The van der Waals surface area contributed by atoms with Crippen LogP contribution in [0, 0.1) is 0 Å². The Labute approximate surface area is 214 Å². The standard InChI is InChI=1S/C24H29ClF3N3O4S/c1-5-16(2)29-23(33)17(3)30(14-18-9-11-20(25)12-10-18)22(32)15-31(36(4,34)35)21-8-6-7-19(13-21)24(26,27)28/h6-13,16-17H,5,14-15H2,1-4H3,(H,29,33)/t16-,17+/m1/s1. The van der Waals surface area contributed by atoms with Gasteiger partial charge in [0.1, 0.15) is 12.6 Å². The van der Waals surface area contributed by atoms with Crippen LogP contribution in [0.25, 0.3) is 0 Å². The van der Waals surface area contributed by atoms with Crippen LogP contribution < -0.4 is 9.62 Å². The molecule has 0 saturated carbocycles. The molecule has 198 valence electrons. The summed E-state index contributed by atoms with van der Waals surface area (Å²) < 4.78 is 65.3. The van der Waals surface area contributed by atoms with Crippen LogP contribution in [-0.2, 0) is 32.3 Å². The summed E-state index contributed by atoms with van der Waals surface area (Å²) >= 11 is 5.93. The molecule has 2 rings (SSSR count). The molecule has 1 N–H and O–H groups in total. The van der Waals surface area contributed by atoms with Gasteiger partial charge in [-0.3, -0.25) is 13.9 Å². The number of rotatable bonds is 10. The molecule has 7 nitrogen and oxygen atoms in total. The predicted octanol–water partition coefficient (Wildman–Crippen LogP) is 4.46. The van der Waals surface area contributed by atoms with E-state index in [-0.39, 0.29) is 18.3 Å². The Morgan fingerprint density at radius 2 is 1.69 bits per heavy atom. The highest BCUT2D eigenvalue weighted by Gasteiger charge is 2.33. The normalized spacial score (nSPS) is 13.6. The lowest BCUT2D eigenvalue weighted by Gasteiger charge is -2.32. The maximum absolute atomic E-state index is 13.4. The van der Waals surface area contributed by atoms with E-state index in [2.05, 4.69) is 5.32 Å². The quantitative estimate of drug-likeness (QED) is 0.476. The van der Waals surface area contributed by atoms with Crippen LogP contribution in [-0.4, -0.2) is 50.0 Å². The van der Waals surface area contributed by atoms with Gasteiger partial charge in [0.05, 0.1) is 17.5 Å². The van der Waals surface area contributed by atoms with Gasteiger partial charge < -0.3 is 10.2 Å². The number of carbonyl (C=O) groups excluding carboxylic acids is 2. The van der Waals surface area contributed by atoms with E-state index in [0.717, 1.165) is 18.4 Å². The minimum Gasteiger partial charge on any atom is -0.352 e. The second-order valence-electron chi connectivity index (χ2n) is 8.46. The third kappa shape index (κ3) is 8.12. The van der Waals surface area contributed by atoms with Crippen molar-refractivity contribution >= 4 is 39.1 Å². The first-order valence-corrected chi connectivity index (χ1v) is 13.3. The number of alkyl halides is 3. The lowest BCUT2D eigenvalue weighted by molar-refractivity contribution is -0.139. The molecule has 2 aromatic rings. The monoisotopic (exact) mass is 547 g/mol. The Kier molecular flexibility index (Phi) is 9.78. The fourth-order valence-corrected chi connectivity index (χ4v) is 4.25. The minimum atomic E-state index is -4.70. The summed E-state index contributed by atoms with van der Waals surface area (Å²) in [4.78, 5) is 27.4. The van der Waals surface area contributed by atoms with Crippen LogP contribution >= 0.6 is 11.6 Å². The zero-order chi connectivity index (χ0) is 27.3. The molecule has 2 atom stereocenters. The number of halogens is 4. The summed E-state index contributed by atoms with van der Waals surface area (Å²) in [5, 5.41) is 3.25. The summed E-state index contributed by atoms with van der Waals surface area (Å²) in [5.41, 5.74) is -0.745. The number of benzene rings is 2.